The van der Waals surface area contributed by atoms with Gasteiger partial charge in [-0.25, -0.2) is 0 Å². The lowest BCUT2D eigenvalue weighted by Gasteiger charge is -2.05. The van der Waals surface area contributed by atoms with Gasteiger partial charge in [0.25, 0.3) is 0 Å². The number of hydrogen-bond acceptors (Lipinski definition) is 5. The van der Waals surface area contributed by atoms with Crippen LogP contribution in [0.4, 0.5) is 11.7 Å². The first-order valence-electron chi connectivity index (χ1n) is 6.91. The number of anilines is 2. The summed E-state index contributed by atoms with van der Waals surface area (Å²) in [5.41, 5.74) is 3.37. The van der Waals surface area contributed by atoms with Crippen LogP contribution in [-0.4, -0.2) is 16.7 Å². The first kappa shape index (κ1) is 14.5. The zero-order valence-electron chi connectivity index (χ0n) is 12.5. The smallest absolute Gasteiger partial charge is 0.320 e. The lowest BCUT2D eigenvalue weighted by molar-refractivity contribution is 0.460. The molecule has 0 bridgehead atoms. The number of rotatable bonds is 6. The summed E-state index contributed by atoms with van der Waals surface area (Å²) in [4.78, 5) is 0. The highest BCUT2D eigenvalue weighted by Crippen LogP contribution is 2.18. The molecular weight excluding hydrogens is 252 g/mol. The van der Waals surface area contributed by atoms with Crippen LogP contribution >= 0.6 is 0 Å². The fourth-order valence-electron chi connectivity index (χ4n) is 2.01. The molecule has 1 aromatic carbocycles. The Kier molecular flexibility index (Phi) is 4.74. The SMILES string of the molecule is Cc1cc(C)cc(Nc2nnc(CNCC(C)C)o2)c1. The second kappa shape index (κ2) is 6.52. The topological polar surface area (TPSA) is 63.0 Å². The highest BCUT2D eigenvalue weighted by molar-refractivity contribution is 5.54. The molecule has 0 aliphatic heterocycles. The van der Waals surface area contributed by atoms with Crippen LogP contribution in [0.2, 0.25) is 0 Å². The number of aryl methyl sites for hydroxylation is 2. The maximum atomic E-state index is 5.55. The summed E-state index contributed by atoms with van der Waals surface area (Å²) in [5.74, 6) is 1.20. The predicted molar refractivity (Wildman–Crippen MR) is 80.0 cm³/mol. The molecule has 0 spiro atoms. The lowest BCUT2D eigenvalue weighted by Crippen LogP contribution is -2.19. The fourth-order valence-corrected chi connectivity index (χ4v) is 2.01. The molecule has 5 heteroatoms. The summed E-state index contributed by atoms with van der Waals surface area (Å²) < 4.78 is 5.55. The van der Waals surface area contributed by atoms with Crippen molar-refractivity contribution in [2.24, 2.45) is 5.92 Å². The van der Waals surface area contributed by atoms with E-state index in [2.05, 4.69) is 54.6 Å². The van der Waals surface area contributed by atoms with Crippen LogP contribution in [0.5, 0.6) is 0 Å². The first-order chi connectivity index (χ1) is 9.52. The van der Waals surface area contributed by atoms with Gasteiger partial charge in [0.15, 0.2) is 0 Å². The van der Waals surface area contributed by atoms with E-state index >= 15 is 0 Å². The molecule has 0 saturated carbocycles. The maximum absolute atomic E-state index is 5.55. The monoisotopic (exact) mass is 274 g/mol. The Morgan fingerprint density at radius 3 is 2.45 bits per heavy atom. The van der Waals surface area contributed by atoms with Crippen LogP contribution in [0.25, 0.3) is 0 Å². The van der Waals surface area contributed by atoms with E-state index in [-0.39, 0.29) is 0 Å². The third-order valence-electron chi connectivity index (χ3n) is 2.77. The largest absolute Gasteiger partial charge is 0.406 e. The lowest BCUT2D eigenvalue weighted by atomic mass is 10.1. The van der Waals surface area contributed by atoms with E-state index in [0.29, 0.717) is 24.4 Å². The molecule has 108 valence electrons. The van der Waals surface area contributed by atoms with E-state index < -0.39 is 0 Å². The molecule has 5 nitrogen and oxygen atoms in total. The highest BCUT2D eigenvalue weighted by Gasteiger charge is 2.06. The van der Waals surface area contributed by atoms with Gasteiger partial charge in [0.1, 0.15) is 0 Å². The van der Waals surface area contributed by atoms with Gasteiger partial charge in [-0.05, 0) is 49.6 Å². The van der Waals surface area contributed by atoms with Gasteiger partial charge in [-0.1, -0.05) is 25.0 Å². The number of nitrogens with zero attached hydrogens (tertiary/aromatic N) is 2. The van der Waals surface area contributed by atoms with E-state index in [1.807, 2.05) is 12.1 Å². The van der Waals surface area contributed by atoms with Gasteiger partial charge in [-0.3, -0.25) is 0 Å². The quantitative estimate of drug-likeness (QED) is 0.847. The van der Waals surface area contributed by atoms with Crippen LogP contribution in [0.1, 0.15) is 30.9 Å². The Morgan fingerprint density at radius 2 is 1.80 bits per heavy atom. The average molecular weight is 274 g/mol. The summed E-state index contributed by atoms with van der Waals surface area (Å²) in [6, 6.07) is 6.65. The molecule has 1 aromatic heterocycles. The minimum Gasteiger partial charge on any atom is -0.406 e. The number of benzene rings is 1. The van der Waals surface area contributed by atoms with Gasteiger partial charge in [0, 0.05) is 5.69 Å². The van der Waals surface area contributed by atoms with Crippen molar-refractivity contribution in [2.45, 2.75) is 34.2 Å². The van der Waals surface area contributed by atoms with Crippen LogP contribution < -0.4 is 10.6 Å². The van der Waals surface area contributed by atoms with Crippen molar-refractivity contribution in [1.29, 1.82) is 0 Å². The molecule has 0 amide bonds. The van der Waals surface area contributed by atoms with Crippen LogP contribution in [0.15, 0.2) is 22.6 Å². The summed E-state index contributed by atoms with van der Waals surface area (Å²) in [7, 11) is 0. The van der Waals surface area contributed by atoms with E-state index in [4.69, 9.17) is 4.42 Å². The van der Waals surface area contributed by atoms with Gasteiger partial charge >= 0.3 is 6.01 Å². The molecular formula is C15H22N4O. The van der Waals surface area contributed by atoms with Gasteiger partial charge < -0.3 is 15.1 Å². The molecule has 2 N–H and O–H groups in total. The molecule has 0 unspecified atom stereocenters. The summed E-state index contributed by atoms with van der Waals surface area (Å²) in [5, 5.41) is 14.4. The van der Waals surface area contributed by atoms with Crippen molar-refractivity contribution < 1.29 is 4.42 Å². The highest BCUT2D eigenvalue weighted by atomic mass is 16.4. The molecule has 0 radical (unpaired) electrons. The number of aromatic nitrogens is 2. The van der Waals surface area contributed by atoms with E-state index in [9.17, 15) is 0 Å². The van der Waals surface area contributed by atoms with Crippen molar-refractivity contribution in [3.05, 3.63) is 35.2 Å². The summed E-state index contributed by atoms with van der Waals surface area (Å²) in [6.07, 6.45) is 0. The predicted octanol–water partition coefficient (Wildman–Crippen LogP) is 3.18. The fraction of sp³-hybridized carbons (Fsp3) is 0.467. The minimum absolute atomic E-state index is 0.427. The van der Waals surface area contributed by atoms with Gasteiger partial charge in [0.05, 0.1) is 6.54 Å². The third-order valence-corrected chi connectivity index (χ3v) is 2.77. The van der Waals surface area contributed by atoms with E-state index in [1.54, 1.807) is 0 Å². The zero-order valence-corrected chi connectivity index (χ0v) is 12.5. The summed E-state index contributed by atoms with van der Waals surface area (Å²) in [6.45, 7) is 9.98. The molecule has 1 heterocycles. The Bertz CT molecular complexity index is 543. The van der Waals surface area contributed by atoms with E-state index in [1.165, 1.54) is 11.1 Å². The molecule has 0 atom stereocenters. The molecule has 2 rings (SSSR count). The number of hydrogen-bond donors (Lipinski definition) is 2. The van der Waals surface area contributed by atoms with Crippen LogP contribution in [0, 0.1) is 19.8 Å². The molecule has 0 aliphatic rings. The molecule has 0 fully saturated rings. The molecule has 20 heavy (non-hydrogen) atoms. The molecule has 2 aromatic rings. The van der Waals surface area contributed by atoms with Gasteiger partial charge in [-0.15, -0.1) is 5.10 Å². The Balaban J connectivity index is 1.95. The van der Waals surface area contributed by atoms with Crippen molar-refractivity contribution in [2.75, 3.05) is 11.9 Å². The first-order valence-corrected chi connectivity index (χ1v) is 6.91. The van der Waals surface area contributed by atoms with Crippen molar-refractivity contribution in [1.82, 2.24) is 15.5 Å². The van der Waals surface area contributed by atoms with Crippen LogP contribution in [0.3, 0.4) is 0 Å². The molecule has 0 aliphatic carbocycles. The van der Waals surface area contributed by atoms with Crippen molar-refractivity contribution >= 4 is 11.7 Å². The normalized spacial score (nSPS) is 11.1. The van der Waals surface area contributed by atoms with Gasteiger partial charge in [-0.2, -0.15) is 0 Å². The number of nitrogens with one attached hydrogen (secondary N) is 2. The molecule has 0 saturated heterocycles. The second-order valence-corrected chi connectivity index (χ2v) is 5.53. The Morgan fingerprint density at radius 1 is 1.10 bits per heavy atom. The minimum atomic E-state index is 0.427. The van der Waals surface area contributed by atoms with Crippen molar-refractivity contribution in [3.63, 3.8) is 0 Å². The zero-order chi connectivity index (χ0) is 14.5. The van der Waals surface area contributed by atoms with Crippen molar-refractivity contribution in [3.8, 4) is 0 Å². The Hall–Kier alpha value is -1.88. The Labute approximate surface area is 119 Å². The second-order valence-electron chi connectivity index (χ2n) is 5.53. The van der Waals surface area contributed by atoms with Gasteiger partial charge in [0.2, 0.25) is 5.89 Å². The van der Waals surface area contributed by atoms with E-state index in [0.717, 1.165) is 12.2 Å². The standard InChI is InChI=1S/C15H22N4O/c1-10(2)8-16-9-14-18-19-15(20-14)17-13-6-11(3)5-12(4)7-13/h5-7,10,16H,8-9H2,1-4H3,(H,17,19). The average Bonchev–Trinajstić information content (AvgIpc) is 2.74. The summed E-state index contributed by atoms with van der Waals surface area (Å²) >= 11 is 0. The third kappa shape index (κ3) is 4.35. The van der Waals surface area contributed by atoms with Crippen LogP contribution in [-0.2, 0) is 6.54 Å². The maximum Gasteiger partial charge on any atom is 0.320 e.